The topological polar surface area (TPSA) is 57.0 Å². The highest BCUT2D eigenvalue weighted by Gasteiger charge is 2.11. The molecular weight excluding hydrogens is 221 g/mol. The Labute approximate surface area is 96.4 Å². The summed E-state index contributed by atoms with van der Waals surface area (Å²) in [7, 11) is 1.78. The standard InChI is InChI=1S/C12H10FN3O/c1-16-9(6-12(14)15-16)11-4-7-2-3-8(13)5-10(7)17-11/h2-6H,1H3,(H2,14,15). The number of nitrogens with two attached hydrogens (primary N) is 1. The molecule has 0 saturated heterocycles. The first-order chi connectivity index (χ1) is 8.13. The molecule has 5 heteroatoms. The van der Waals surface area contributed by atoms with E-state index in [9.17, 15) is 4.39 Å². The normalized spacial score (nSPS) is 11.2. The smallest absolute Gasteiger partial charge is 0.153 e. The van der Waals surface area contributed by atoms with Crippen molar-refractivity contribution in [2.45, 2.75) is 0 Å². The third-order valence-electron chi connectivity index (χ3n) is 2.63. The van der Waals surface area contributed by atoms with Gasteiger partial charge in [-0.15, -0.1) is 0 Å². The molecule has 2 N–H and O–H groups in total. The molecule has 0 atom stereocenters. The Kier molecular flexibility index (Phi) is 1.95. The molecule has 2 heterocycles. The van der Waals surface area contributed by atoms with Crippen molar-refractivity contribution in [1.29, 1.82) is 0 Å². The van der Waals surface area contributed by atoms with Crippen molar-refractivity contribution in [1.82, 2.24) is 9.78 Å². The molecule has 2 aromatic heterocycles. The summed E-state index contributed by atoms with van der Waals surface area (Å²) in [6.45, 7) is 0. The maximum absolute atomic E-state index is 13.0. The van der Waals surface area contributed by atoms with Crippen LogP contribution >= 0.6 is 0 Å². The lowest BCUT2D eigenvalue weighted by Gasteiger charge is -1.95. The van der Waals surface area contributed by atoms with Crippen LogP contribution in [-0.4, -0.2) is 9.78 Å². The number of hydrogen-bond acceptors (Lipinski definition) is 3. The number of aromatic nitrogens is 2. The zero-order chi connectivity index (χ0) is 12.0. The summed E-state index contributed by atoms with van der Waals surface area (Å²) in [5.74, 6) is 0.731. The van der Waals surface area contributed by atoms with Crippen molar-refractivity contribution in [3.8, 4) is 11.5 Å². The summed E-state index contributed by atoms with van der Waals surface area (Å²) in [6, 6.07) is 7.99. The number of benzene rings is 1. The molecule has 86 valence electrons. The highest BCUT2D eigenvalue weighted by Crippen LogP contribution is 2.28. The molecule has 0 unspecified atom stereocenters. The summed E-state index contributed by atoms with van der Waals surface area (Å²) in [5, 5.41) is 4.88. The average molecular weight is 231 g/mol. The SMILES string of the molecule is Cn1nc(N)cc1-c1cc2ccc(F)cc2o1. The summed E-state index contributed by atoms with van der Waals surface area (Å²) in [6.07, 6.45) is 0. The lowest BCUT2D eigenvalue weighted by molar-refractivity contribution is 0.601. The van der Waals surface area contributed by atoms with Gasteiger partial charge in [-0.25, -0.2) is 4.39 Å². The summed E-state index contributed by atoms with van der Waals surface area (Å²) >= 11 is 0. The van der Waals surface area contributed by atoms with Crippen molar-refractivity contribution in [2.24, 2.45) is 7.05 Å². The van der Waals surface area contributed by atoms with E-state index in [0.717, 1.165) is 11.1 Å². The number of furan rings is 1. The van der Waals surface area contributed by atoms with Crippen LogP contribution in [-0.2, 0) is 7.05 Å². The summed E-state index contributed by atoms with van der Waals surface area (Å²) in [5.41, 5.74) is 6.88. The average Bonchev–Trinajstić information content (AvgIpc) is 2.80. The first kappa shape index (κ1) is 9.89. The molecule has 3 aromatic rings. The van der Waals surface area contributed by atoms with E-state index < -0.39 is 0 Å². The number of fused-ring (bicyclic) bond motifs is 1. The molecule has 0 aliphatic carbocycles. The molecule has 0 radical (unpaired) electrons. The van der Waals surface area contributed by atoms with E-state index in [4.69, 9.17) is 10.2 Å². The van der Waals surface area contributed by atoms with Crippen molar-refractivity contribution in [2.75, 3.05) is 5.73 Å². The van der Waals surface area contributed by atoms with E-state index in [1.807, 2.05) is 6.07 Å². The molecule has 0 bridgehead atoms. The lowest BCUT2D eigenvalue weighted by atomic mass is 10.2. The quantitative estimate of drug-likeness (QED) is 0.700. The van der Waals surface area contributed by atoms with Crippen LogP contribution in [0, 0.1) is 5.82 Å². The van der Waals surface area contributed by atoms with Crippen molar-refractivity contribution in [3.63, 3.8) is 0 Å². The Balaban J connectivity index is 2.21. The third kappa shape index (κ3) is 1.56. The van der Waals surface area contributed by atoms with Gasteiger partial charge in [0, 0.05) is 24.6 Å². The van der Waals surface area contributed by atoms with Crippen LogP contribution in [0.1, 0.15) is 0 Å². The van der Waals surface area contributed by atoms with Crippen molar-refractivity contribution < 1.29 is 8.81 Å². The van der Waals surface area contributed by atoms with Crippen molar-refractivity contribution in [3.05, 3.63) is 36.1 Å². The molecular formula is C12H10FN3O. The molecule has 0 saturated carbocycles. The van der Waals surface area contributed by atoms with Crippen LogP contribution in [0.5, 0.6) is 0 Å². The van der Waals surface area contributed by atoms with Crippen LogP contribution in [0.15, 0.2) is 34.7 Å². The summed E-state index contributed by atoms with van der Waals surface area (Å²) < 4.78 is 20.2. The van der Waals surface area contributed by atoms with Gasteiger partial charge in [0.15, 0.2) is 5.76 Å². The number of nitrogen functional groups attached to an aromatic ring is 1. The van der Waals surface area contributed by atoms with Gasteiger partial charge in [0.25, 0.3) is 0 Å². The van der Waals surface area contributed by atoms with E-state index in [1.165, 1.54) is 12.1 Å². The first-order valence-corrected chi connectivity index (χ1v) is 5.12. The van der Waals surface area contributed by atoms with E-state index in [-0.39, 0.29) is 5.82 Å². The monoisotopic (exact) mass is 231 g/mol. The van der Waals surface area contributed by atoms with Gasteiger partial charge in [-0.1, -0.05) is 0 Å². The predicted molar refractivity (Wildman–Crippen MR) is 62.8 cm³/mol. The lowest BCUT2D eigenvalue weighted by Crippen LogP contribution is -1.93. The second-order valence-electron chi connectivity index (χ2n) is 3.87. The number of hydrogen-bond donors (Lipinski definition) is 1. The fourth-order valence-corrected chi connectivity index (χ4v) is 1.85. The van der Waals surface area contributed by atoms with Gasteiger partial charge in [0.2, 0.25) is 0 Å². The molecule has 17 heavy (non-hydrogen) atoms. The zero-order valence-electron chi connectivity index (χ0n) is 9.14. The van der Waals surface area contributed by atoms with Crippen LogP contribution in [0.3, 0.4) is 0 Å². The van der Waals surface area contributed by atoms with Gasteiger partial charge in [-0.05, 0) is 18.2 Å². The predicted octanol–water partition coefficient (Wildman–Crippen LogP) is 2.55. The minimum Gasteiger partial charge on any atom is -0.454 e. The molecule has 0 amide bonds. The van der Waals surface area contributed by atoms with Crippen LogP contribution in [0.2, 0.25) is 0 Å². The molecule has 4 nitrogen and oxygen atoms in total. The van der Waals surface area contributed by atoms with E-state index in [2.05, 4.69) is 5.10 Å². The number of nitrogens with zero attached hydrogens (tertiary/aromatic N) is 2. The Morgan fingerprint density at radius 1 is 1.29 bits per heavy atom. The minimum atomic E-state index is -0.317. The highest BCUT2D eigenvalue weighted by atomic mass is 19.1. The first-order valence-electron chi connectivity index (χ1n) is 5.12. The third-order valence-corrected chi connectivity index (χ3v) is 2.63. The van der Waals surface area contributed by atoms with E-state index in [0.29, 0.717) is 17.2 Å². The highest BCUT2D eigenvalue weighted by molar-refractivity contribution is 5.82. The number of aryl methyl sites for hydroxylation is 1. The second-order valence-corrected chi connectivity index (χ2v) is 3.87. The van der Waals surface area contributed by atoms with E-state index in [1.54, 1.807) is 23.9 Å². The number of rotatable bonds is 1. The zero-order valence-corrected chi connectivity index (χ0v) is 9.14. The maximum atomic E-state index is 13.0. The largest absolute Gasteiger partial charge is 0.454 e. The van der Waals surface area contributed by atoms with Gasteiger partial charge in [-0.3, -0.25) is 4.68 Å². The fourth-order valence-electron chi connectivity index (χ4n) is 1.85. The molecule has 3 rings (SSSR count). The Hall–Kier alpha value is -2.30. The van der Waals surface area contributed by atoms with Gasteiger partial charge in [0.1, 0.15) is 22.9 Å². The fraction of sp³-hybridized carbons (Fsp3) is 0.0833. The molecule has 0 fully saturated rings. The summed E-state index contributed by atoms with van der Waals surface area (Å²) in [4.78, 5) is 0. The van der Waals surface area contributed by atoms with Crippen molar-refractivity contribution >= 4 is 16.8 Å². The maximum Gasteiger partial charge on any atom is 0.153 e. The van der Waals surface area contributed by atoms with Crippen LogP contribution in [0.4, 0.5) is 10.2 Å². The number of halogens is 1. The Bertz CT molecular complexity index is 699. The molecule has 1 aromatic carbocycles. The Morgan fingerprint density at radius 3 is 2.82 bits per heavy atom. The molecule has 0 aliphatic rings. The van der Waals surface area contributed by atoms with Crippen LogP contribution < -0.4 is 5.73 Å². The number of anilines is 1. The molecule has 0 spiro atoms. The van der Waals surface area contributed by atoms with Gasteiger partial charge in [-0.2, -0.15) is 5.10 Å². The second kappa shape index (κ2) is 3.35. The van der Waals surface area contributed by atoms with Gasteiger partial charge < -0.3 is 10.2 Å². The minimum absolute atomic E-state index is 0.317. The van der Waals surface area contributed by atoms with E-state index >= 15 is 0 Å². The molecule has 0 aliphatic heterocycles. The Morgan fingerprint density at radius 2 is 2.12 bits per heavy atom. The van der Waals surface area contributed by atoms with Crippen LogP contribution in [0.25, 0.3) is 22.4 Å². The van der Waals surface area contributed by atoms with Gasteiger partial charge in [0.05, 0.1) is 0 Å². The van der Waals surface area contributed by atoms with Gasteiger partial charge >= 0.3 is 0 Å².